The van der Waals surface area contributed by atoms with Gasteiger partial charge in [-0.15, -0.1) is 11.8 Å². The lowest BCUT2D eigenvalue weighted by Gasteiger charge is -2.12. The molecule has 0 aliphatic carbocycles. The van der Waals surface area contributed by atoms with Gasteiger partial charge in [0, 0.05) is 32.6 Å². The maximum Gasteiger partial charge on any atom is 0.118 e. The van der Waals surface area contributed by atoms with Gasteiger partial charge >= 0.3 is 0 Å². The van der Waals surface area contributed by atoms with E-state index in [4.69, 9.17) is 9.47 Å². The van der Waals surface area contributed by atoms with E-state index >= 15 is 0 Å². The quantitative estimate of drug-likeness (QED) is 0.832. The SMILES string of the molecule is COc1ccc(COCC2=CS(=O)CCS2)cc1. The molecule has 0 N–H and O–H groups in total. The fourth-order valence-electron chi connectivity index (χ4n) is 1.56. The Morgan fingerprint density at radius 3 is 2.72 bits per heavy atom. The summed E-state index contributed by atoms with van der Waals surface area (Å²) in [6.07, 6.45) is 0. The summed E-state index contributed by atoms with van der Waals surface area (Å²) in [5, 5.41) is 1.81. The van der Waals surface area contributed by atoms with E-state index in [-0.39, 0.29) is 0 Å². The Kier molecular flexibility index (Phi) is 5.28. The minimum Gasteiger partial charge on any atom is -0.497 e. The molecule has 3 nitrogen and oxygen atoms in total. The Balaban J connectivity index is 1.79. The summed E-state index contributed by atoms with van der Waals surface area (Å²) >= 11 is 1.73. The first kappa shape index (κ1) is 13.6. The average Bonchev–Trinajstić information content (AvgIpc) is 2.40. The van der Waals surface area contributed by atoms with Gasteiger partial charge in [0.2, 0.25) is 0 Å². The van der Waals surface area contributed by atoms with Crippen molar-refractivity contribution in [3.05, 3.63) is 40.1 Å². The fraction of sp³-hybridized carbons (Fsp3) is 0.385. The van der Waals surface area contributed by atoms with E-state index in [1.165, 1.54) is 0 Å². The van der Waals surface area contributed by atoms with Gasteiger partial charge in [-0.2, -0.15) is 0 Å². The molecule has 2 rings (SSSR count). The van der Waals surface area contributed by atoms with Crippen LogP contribution in [0.25, 0.3) is 0 Å². The second-order valence-corrected chi connectivity index (χ2v) is 6.49. The molecule has 0 bridgehead atoms. The van der Waals surface area contributed by atoms with Crippen molar-refractivity contribution in [3.63, 3.8) is 0 Å². The number of thioether (sulfide) groups is 1. The van der Waals surface area contributed by atoms with Gasteiger partial charge in [-0.25, -0.2) is 0 Å². The lowest BCUT2D eigenvalue weighted by Crippen LogP contribution is -2.07. The molecule has 1 unspecified atom stereocenters. The van der Waals surface area contributed by atoms with Gasteiger partial charge in [-0.3, -0.25) is 4.21 Å². The van der Waals surface area contributed by atoms with Crippen molar-refractivity contribution in [1.29, 1.82) is 0 Å². The zero-order valence-electron chi connectivity index (χ0n) is 10.3. The van der Waals surface area contributed by atoms with Crippen LogP contribution >= 0.6 is 11.8 Å². The maximum atomic E-state index is 11.3. The molecule has 0 saturated carbocycles. The maximum absolute atomic E-state index is 11.3. The highest BCUT2D eigenvalue weighted by atomic mass is 32.2. The molecule has 1 aromatic carbocycles. The second kappa shape index (κ2) is 6.97. The monoisotopic (exact) mass is 284 g/mol. The summed E-state index contributed by atoms with van der Waals surface area (Å²) in [7, 11) is 0.849. The number of ether oxygens (including phenoxy) is 2. The van der Waals surface area contributed by atoms with E-state index in [1.54, 1.807) is 18.9 Å². The van der Waals surface area contributed by atoms with E-state index < -0.39 is 10.8 Å². The van der Waals surface area contributed by atoms with E-state index in [0.29, 0.717) is 13.2 Å². The fourth-order valence-corrected chi connectivity index (χ4v) is 4.05. The van der Waals surface area contributed by atoms with Gasteiger partial charge in [0.15, 0.2) is 0 Å². The van der Waals surface area contributed by atoms with Crippen molar-refractivity contribution in [2.45, 2.75) is 6.61 Å². The predicted molar refractivity (Wildman–Crippen MR) is 76.2 cm³/mol. The van der Waals surface area contributed by atoms with Crippen molar-refractivity contribution in [1.82, 2.24) is 0 Å². The molecule has 1 aromatic rings. The van der Waals surface area contributed by atoms with E-state index in [1.807, 2.05) is 29.7 Å². The molecular formula is C13H16O3S2. The summed E-state index contributed by atoms with van der Waals surface area (Å²) in [4.78, 5) is 1.08. The third kappa shape index (κ3) is 4.15. The Hall–Kier alpha value is -0.780. The van der Waals surface area contributed by atoms with Crippen LogP contribution in [0, 0.1) is 0 Å². The highest BCUT2D eigenvalue weighted by Gasteiger charge is 2.09. The summed E-state index contributed by atoms with van der Waals surface area (Å²) in [6, 6.07) is 7.81. The normalized spacial score (nSPS) is 19.4. The van der Waals surface area contributed by atoms with Crippen molar-refractivity contribution in [2.75, 3.05) is 25.2 Å². The molecule has 1 heterocycles. The molecule has 1 atom stereocenters. The Morgan fingerprint density at radius 1 is 1.28 bits per heavy atom. The Labute approximate surface area is 114 Å². The minimum atomic E-state index is -0.802. The van der Waals surface area contributed by atoms with Gasteiger partial charge in [0.25, 0.3) is 0 Å². The van der Waals surface area contributed by atoms with Crippen LogP contribution in [-0.4, -0.2) is 29.4 Å². The average molecular weight is 284 g/mol. The molecule has 1 aliphatic rings. The predicted octanol–water partition coefficient (Wildman–Crippen LogP) is 2.55. The molecule has 1 aliphatic heterocycles. The van der Waals surface area contributed by atoms with Crippen LogP contribution in [0.1, 0.15) is 5.56 Å². The van der Waals surface area contributed by atoms with E-state index in [0.717, 1.165) is 27.7 Å². The summed E-state index contributed by atoms with van der Waals surface area (Å²) in [5.74, 6) is 2.52. The van der Waals surface area contributed by atoms with Crippen LogP contribution < -0.4 is 4.74 Å². The molecule has 98 valence electrons. The van der Waals surface area contributed by atoms with Gasteiger partial charge < -0.3 is 9.47 Å². The summed E-state index contributed by atoms with van der Waals surface area (Å²) < 4.78 is 22.0. The molecule has 0 aromatic heterocycles. The highest BCUT2D eigenvalue weighted by molar-refractivity contribution is 8.05. The lowest BCUT2D eigenvalue weighted by atomic mass is 10.2. The molecule has 18 heavy (non-hydrogen) atoms. The Bertz CT molecular complexity index is 440. The van der Waals surface area contributed by atoms with Crippen LogP contribution in [0.2, 0.25) is 0 Å². The number of hydrogen-bond acceptors (Lipinski definition) is 4. The number of methoxy groups -OCH3 is 1. The summed E-state index contributed by atoms with van der Waals surface area (Å²) in [5.41, 5.74) is 1.11. The molecule has 0 radical (unpaired) electrons. The molecule has 0 saturated heterocycles. The largest absolute Gasteiger partial charge is 0.497 e. The van der Waals surface area contributed by atoms with Crippen molar-refractivity contribution < 1.29 is 13.7 Å². The number of hydrogen-bond donors (Lipinski definition) is 0. The van der Waals surface area contributed by atoms with Crippen molar-refractivity contribution in [2.24, 2.45) is 0 Å². The summed E-state index contributed by atoms with van der Waals surface area (Å²) in [6.45, 7) is 1.11. The lowest BCUT2D eigenvalue weighted by molar-refractivity contribution is 0.147. The topological polar surface area (TPSA) is 35.5 Å². The highest BCUT2D eigenvalue weighted by Crippen LogP contribution is 2.22. The van der Waals surface area contributed by atoms with Gasteiger partial charge in [0.1, 0.15) is 5.75 Å². The third-order valence-electron chi connectivity index (χ3n) is 2.51. The Morgan fingerprint density at radius 2 is 2.06 bits per heavy atom. The van der Waals surface area contributed by atoms with Gasteiger partial charge in [0.05, 0.1) is 20.3 Å². The smallest absolute Gasteiger partial charge is 0.118 e. The van der Waals surface area contributed by atoms with Crippen LogP contribution in [0.5, 0.6) is 5.75 Å². The number of benzene rings is 1. The van der Waals surface area contributed by atoms with Crippen LogP contribution in [-0.2, 0) is 22.1 Å². The van der Waals surface area contributed by atoms with Gasteiger partial charge in [-0.05, 0) is 17.7 Å². The van der Waals surface area contributed by atoms with Crippen molar-refractivity contribution in [3.8, 4) is 5.75 Å². The molecular weight excluding hydrogens is 268 g/mol. The van der Waals surface area contributed by atoms with E-state index in [9.17, 15) is 4.21 Å². The van der Waals surface area contributed by atoms with Crippen molar-refractivity contribution >= 4 is 22.6 Å². The first-order chi connectivity index (χ1) is 8.78. The van der Waals surface area contributed by atoms with E-state index in [2.05, 4.69) is 0 Å². The first-order valence-electron chi connectivity index (χ1n) is 5.69. The second-order valence-electron chi connectivity index (χ2n) is 3.86. The zero-order valence-corrected chi connectivity index (χ0v) is 11.9. The number of rotatable bonds is 5. The first-order valence-corrected chi connectivity index (χ1v) is 8.06. The zero-order chi connectivity index (χ0) is 12.8. The van der Waals surface area contributed by atoms with Crippen LogP contribution in [0.4, 0.5) is 0 Å². The molecule has 5 heteroatoms. The minimum absolute atomic E-state index is 0.544. The molecule has 0 spiro atoms. The molecule has 0 fully saturated rings. The van der Waals surface area contributed by atoms with Gasteiger partial charge in [-0.1, -0.05) is 12.1 Å². The molecule has 0 amide bonds. The standard InChI is InChI=1S/C13H16O3S2/c1-15-12-4-2-11(3-5-12)8-16-9-13-10-18(14)7-6-17-13/h2-5,10H,6-9H2,1H3. The van der Waals surface area contributed by atoms with Crippen LogP contribution in [0.3, 0.4) is 0 Å². The third-order valence-corrected chi connectivity index (χ3v) is 5.08. The van der Waals surface area contributed by atoms with Crippen LogP contribution in [0.15, 0.2) is 34.6 Å².